The highest BCUT2D eigenvalue weighted by Crippen LogP contribution is 2.27. The predicted octanol–water partition coefficient (Wildman–Crippen LogP) is 5.29. The highest BCUT2D eigenvalue weighted by molar-refractivity contribution is 4.79. The van der Waals surface area contributed by atoms with Crippen LogP contribution in [0.1, 0.15) is 91.4 Å². The van der Waals surface area contributed by atoms with Gasteiger partial charge in [0.05, 0.1) is 0 Å². The molecular weight excluding hydrogens is 218 g/mol. The van der Waals surface area contributed by atoms with Crippen LogP contribution in [0.2, 0.25) is 0 Å². The first-order valence-electron chi connectivity index (χ1n) is 8.52. The van der Waals surface area contributed by atoms with E-state index in [0.29, 0.717) is 0 Å². The van der Waals surface area contributed by atoms with Crippen molar-refractivity contribution in [1.82, 2.24) is 5.32 Å². The lowest BCUT2D eigenvalue weighted by Gasteiger charge is -2.31. The molecule has 0 heterocycles. The van der Waals surface area contributed by atoms with E-state index in [9.17, 15) is 0 Å². The van der Waals surface area contributed by atoms with Crippen molar-refractivity contribution < 1.29 is 0 Å². The molecule has 0 saturated heterocycles. The lowest BCUT2D eigenvalue weighted by Crippen LogP contribution is -2.39. The number of hydrogen-bond donors (Lipinski definition) is 1. The molecule has 0 radical (unpaired) electrons. The smallest absolute Gasteiger partial charge is 0.00721 e. The van der Waals surface area contributed by atoms with Gasteiger partial charge in [-0.2, -0.15) is 0 Å². The SMILES string of the molecule is CCCCCCCC(C)NC1CCCC(CC)C1. The third-order valence-electron chi connectivity index (χ3n) is 4.62. The summed E-state index contributed by atoms with van der Waals surface area (Å²) >= 11 is 0. The molecule has 18 heavy (non-hydrogen) atoms. The van der Waals surface area contributed by atoms with Crippen LogP contribution in [0.25, 0.3) is 0 Å². The summed E-state index contributed by atoms with van der Waals surface area (Å²) in [5.74, 6) is 0.994. The topological polar surface area (TPSA) is 12.0 Å². The number of hydrogen-bond acceptors (Lipinski definition) is 1. The first-order chi connectivity index (χ1) is 8.76. The number of nitrogens with one attached hydrogen (secondary N) is 1. The minimum absolute atomic E-state index is 0.729. The average molecular weight is 253 g/mol. The minimum Gasteiger partial charge on any atom is -0.311 e. The van der Waals surface area contributed by atoms with E-state index in [1.54, 1.807) is 0 Å². The summed E-state index contributed by atoms with van der Waals surface area (Å²) < 4.78 is 0. The van der Waals surface area contributed by atoms with Crippen molar-refractivity contribution in [2.24, 2.45) is 5.92 Å². The molecule has 1 rings (SSSR count). The van der Waals surface area contributed by atoms with Crippen molar-refractivity contribution >= 4 is 0 Å². The third kappa shape index (κ3) is 6.78. The van der Waals surface area contributed by atoms with Gasteiger partial charge in [0, 0.05) is 12.1 Å². The first-order valence-corrected chi connectivity index (χ1v) is 8.52. The Morgan fingerprint density at radius 2 is 1.83 bits per heavy atom. The fourth-order valence-corrected chi connectivity index (χ4v) is 3.35. The molecule has 0 aromatic rings. The Hall–Kier alpha value is -0.0400. The van der Waals surface area contributed by atoms with Gasteiger partial charge in [-0.05, 0) is 32.1 Å². The maximum Gasteiger partial charge on any atom is 0.00721 e. The van der Waals surface area contributed by atoms with Crippen LogP contribution >= 0.6 is 0 Å². The summed E-state index contributed by atoms with van der Waals surface area (Å²) in [7, 11) is 0. The van der Waals surface area contributed by atoms with E-state index >= 15 is 0 Å². The zero-order valence-electron chi connectivity index (χ0n) is 13.0. The Kier molecular flexibility index (Phi) is 8.75. The second-order valence-electron chi connectivity index (χ2n) is 6.41. The predicted molar refractivity (Wildman–Crippen MR) is 82.0 cm³/mol. The van der Waals surface area contributed by atoms with Gasteiger partial charge in [-0.25, -0.2) is 0 Å². The molecule has 0 aliphatic heterocycles. The van der Waals surface area contributed by atoms with Crippen LogP contribution in [0.4, 0.5) is 0 Å². The molecule has 3 atom stereocenters. The van der Waals surface area contributed by atoms with Crippen LogP contribution in [0, 0.1) is 5.92 Å². The fourth-order valence-electron chi connectivity index (χ4n) is 3.35. The summed E-state index contributed by atoms with van der Waals surface area (Å²) in [6.07, 6.45) is 15.6. The standard InChI is InChI=1S/C17H35N/c1-4-6-7-8-9-11-15(3)18-17-13-10-12-16(5-2)14-17/h15-18H,4-14H2,1-3H3. The van der Waals surface area contributed by atoms with Crippen LogP contribution in [-0.4, -0.2) is 12.1 Å². The Balaban J connectivity index is 2.06. The van der Waals surface area contributed by atoms with Crippen molar-refractivity contribution in [3.05, 3.63) is 0 Å². The molecule has 1 heteroatoms. The van der Waals surface area contributed by atoms with Gasteiger partial charge in [-0.15, -0.1) is 0 Å². The summed E-state index contributed by atoms with van der Waals surface area (Å²) in [4.78, 5) is 0. The zero-order valence-corrected chi connectivity index (χ0v) is 13.0. The summed E-state index contributed by atoms with van der Waals surface area (Å²) in [5, 5.41) is 3.87. The van der Waals surface area contributed by atoms with E-state index in [4.69, 9.17) is 0 Å². The molecule has 1 fully saturated rings. The Labute approximate surface area is 115 Å². The molecule has 1 aliphatic carbocycles. The van der Waals surface area contributed by atoms with Crippen molar-refractivity contribution in [2.45, 2.75) is 103 Å². The molecule has 0 spiro atoms. The van der Waals surface area contributed by atoms with Crippen LogP contribution < -0.4 is 5.32 Å². The first kappa shape index (κ1) is 16.0. The molecule has 0 amide bonds. The van der Waals surface area contributed by atoms with Gasteiger partial charge in [-0.3, -0.25) is 0 Å². The van der Waals surface area contributed by atoms with E-state index in [1.807, 2.05) is 0 Å². The van der Waals surface area contributed by atoms with Crippen molar-refractivity contribution in [2.75, 3.05) is 0 Å². The van der Waals surface area contributed by atoms with Crippen LogP contribution in [0.3, 0.4) is 0 Å². The van der Waals surface area contributed by atoms with E-state index in [-0.39, 0.29) is 0 Å². The summed E-state index contributed by atoms with van der Waals surface area (Å²) in [6, 6.07) is 1.54. The van der Waals surface area contributed by atoms with Gasteiger partial charge in [-0.1, -0.05) is 65.2 Å². The quantitative estimate of drug-likeness (QED) is 0.550. The van der Waals surface area contributed by atoms with Crippen LogP contribution in [-0.2, 0) is 0 Å². The van der Waals surface area contributed by atoms with Gasteiger partial charge in [0.2, 0.25) is 0 Å². The molecule has 1 aliphatic rings. The van der Waals surface area contributed by atoms with Crippen molar-refractivity contribution in [3.63, 3.8) is 0 Å². The molecular formula is C17H35N. The van der Waals surface area contributed by atoms with E-state index in [1.165, 1.54) is 70.6 Å². The van der Waals surface area contributed by atoms with E-state index < -0.39 is 0 Å². The molecule has 108 valence electrons. The Morgan fingerprint density at radius 3 is 2.56 bits per heavy atom. The molecule has 1 nitrogen and oxygen atoms in total. The molecule has 0 aromatic carbocycles. The lowest BCUT2D eigenvalue weighted by atomic mass is 9.84. The van der Waals surface area contributed by atoms with Crippen LogP contribution in [0.5, 0.6) is 0 Å². The summed E-state index contributed by atoms with van der Waals surface area (Å²) in [5.41, 5.74) is 0. The lowest BCUT2D eigenvalue weighted by molar-refractivity contribution is 0.260. The largest absolute Gasteiger partial charge is 0.311 e. The highest BCUT2D eigenvalue weighted by Gasteiger charge is 2.21. The second-order valence-corrected chi connectivity index (χ2v) is 6.41. The Morgan fingerprint density at radius 1 is 1.06 bits per heavy atom. The van der Waals surface area contributed by atoms with Crippen LogP contribution in [0.15, 0.2) is 0 Å². The molecule has 0 bridgehead atoms. The highest BCUT2D eigenvalue weighted by atomic mass is 14.9. The summed E-state index contributed by atoms with van der Waals surface area (Å²) in [6.45, 7) is 7.02. The molecule has 0 aromatic heterocycles. The second kappa shape index (κ2) is 9.83. The molecule has 3 unspecified atom stereocenters. The zero-order chi connectivity index (χ0) is 13.2. The van der Waals surface area contributed by atoms with Gasteiger partial charge >= 0.3 is 0 Å². The third-order valence-corrected chi connectivity index (χ3v) is 4.62. The fraction of sp³-hybridized carbons (Fsp3) is 1.00. The van der Waals surface area contributed by atoms with Gasteiger partial charge < -0.3 is 5.32 Å². The van der Waals surface area contributed by atoms with Crippen molar-refractivity contribution in [1.29, 1.82) is 0 Å². The minimum atomic E-state index is 0.729. The van der Waals surface area contributed by atoms with Gasteiger partial charge in [0.25, 0.3) is 0 Å². The maximum absolute atomic E-state index is 3.87. The molecule has 1 N–H and O–H groups in total. The monoisotopic (exact) mass is 253 g/mol. The number of rotatable bonds is 9. The van der Waals surface area contributed by atoms with Gasteiger partial charge in [0.15, 0.2) is 0 Å². The molecule has 1 saturated carbocycles. The van der Waals surface area contributed by atoms with E-state index in [2.05, 4.69) is 26.1 Å². The maximum atomic E-state index is 3.87. The normalized spacial score (nSPS) is 26.2. The van der Waals surface area contributed by atoms with Crippen molar-refractivity contribution in [3.8, 4) is 0 Å². The average Bonchev–Trinajstić information content (AvgIpc) is 2.38. The van der Waals surface area contributed by atoms with Gasteiger partial charge in [0.1, 0.15) is 0 Å². The van der Waals surface area contributed by atoms with E-state index in [0.717, 1.165) is 18.0 Å². The number of unbranched alkanes of at least 4 members (excludes halogenated alkanes) is 4. The Bertz CT molecular complexity index is 190.